The zero-order chi connectivity index (χ0) is 11.3. The van der Waals surface area contributed by atoms with Crippen molar-refractivity contribution >= 4 is 0 Å². The minimum atomic E-state index is -0.298. The zero-order valence-electron chi connectivity index (χ0n) is 9.39. The number of aromatic nitrogens is 1. The van der Waals surface area contributed by atoms with Crippen LogP contribution in [0.25, 0.3) is 0 Å². The second-order valence-corrected chi connectivity index (χ2v) is 4.19. The van der Waals surface area contributed by atoms with Gasteiger partial charge in [-0.25, -0.2) is 0 Å². The van der Waals surface area contributed by atoms with E-state index in [2.05, 4.69) is 4.98 Å². The van der Waals surface area contributed by atoms with Crippen molar-refractivity contribution in [2.75, 3.05) is 19.8 Å². The van der Waals surface area contributed by atoms with Crippen LogP contribution in [0, 0.1) is 0 Å². The van der Waals surface area contributed by atoms with E-state index in [0.29, 0.717) is 19.8 Å². The lowest BCUT2D eigenvalue weighted by atomic mass is 9.96. The van der Waals surface area contributed by atoms with Crippen LogP contribution in [0.4, 0.5) is 0 Å². The summed E-state index contributed by atoms with van der Waals surface area (Å²) in [6.45, 7) is 2.48. The number of pyridine rings is 1. The molecule has 0 bridgehead atoms. The second-order valence-electron chi connectivity index (χ2n) is 4.19. The van der Waals surface area contributed by atoms with Gasteiger partial charge in [0.05, 0.1) is 13.2 Å². The largest absolute Gasteiger partial charge is 0.378 e. The molecule has 2 heterocycles. The Morgan fingerprint density at radius 1 is 1.56 bits per heavy atom. The van der Waals surface area contributed by atoms with Gasteiger partial charge in [0.1, 0.15) is 5.60 Å². The first-order chi connectivity index (χ1) is 7.85. The molecule has 0 aromatic carbocycles. The highest BCUT2D eigenvalue weighted by Gasteiger charge is 2.32. The lowest BCUT2D eigenvalue weighted by Gasteiger charge is -2.35. The molecule has 0 spiro atoms. The Bertz CT molecular complexity index is 310. The fourth-order valence-corrected chi connectivity index (χ4v) is 1.88. The van der Waals surface area contributed by atoms with E-state index >= 15 is 0 Å². The van der Waals surface area contributed by atoms with Crippen LogP contribution in [0.2, 0.25) is 0 Å². The minimum Gasteiger partial charge on any atom is -0.378 e. The first-order valence-corrected chi connectivity index (χ1v) is 5.65. The van der Waals surface area contributed by atoms with Crippen molar-refractivity contribution in [1.29, 1.82) is 0 Å². The summed E-state index contributed by atoms with van der Waals surface area (Å²) in [5.74, 6) is 0. The van der Waals surface area contributed by atoms with E-state index in [0.717, 1.165) is 25.0 Å². The highest BCUT2D eigenvalue weighted by atomic mass is 16.5. The quantitative estimate of drug-likeness (QED) is 0.829. The smallest absolute Gasteiger partial charge is 0.104 e. The summed E-state index contributed by atoms with van der Waals surface area (Å²) >= 11 is 0. The SMILES string of the molecule is NCC1(OCc2cccnc2)CCCOC1. The summed E-state index contributed by atoms with van der Waals surface area (Å²) in [7, 11) is 0. The van der Waals surface area contributed by atoms with E-state index in [1.165, 1.54) is 0 Å². The van der Waals surface area contributed by atoms with Crippen molar-refractivity contribution in [3.05, 3.63) is 30.1 Å². The van der Waals surface area contributed by atoms with E-state index in [9.17, 15) is 0 Å². The van der Waals surface area contributed by atoms with E-state index in [-0.39, 0.29) is 5.60 Å². The molecule has 2 N–H and O–H groups in total. The topological polar surface area (TPSA) is 57.4 Å². The lowest BCUT2D eigenvalue weighted by Crippen LogP contribution is -2.47. The molecule has 1 saturated heterocycles. The molecule has 4 heteroatoms. The summed E-state index contributed by atoms with van der Waals surface area (Å²) < 4.78 is 11.4. The van der Waals surface area contributed by atoms with Crippen LogP contribution < -0.4 is 5.73 Å². The molecule has 0 amide bonds. The predicted molar refractivity (Wildman–Crippen MR) is 60.9 cm³/mol. The second kappa shape index (κ2) is 5.39. The molecule has 1 aliphatic rings. The maximum atomic E-state index is 5.92. The van der Waals surface area contributed by atoms with E-state index in [4.69, 9.17) is 15.2 Å². The van der Waals surface area contributed by atoms with Crippen LogP contribution in [0.1, 0.15) is 18.4 Å². The third kappa shape index (κ3) is 2.78. The van der Waals surface area contributed by atoms with Crippen LogP contribution in [-0.4, -0.2) is 30.3 Å². The van der Waals surface area contributed by atoms with E-state index in [1.807, 2.05) is 18.3 Å². The number of ether oxygens (including phenoxy) is 2. The monoisotopic (exact) mass is 222 g/mol. The number of nitrogens with zero attached hydrogens (tertiary/aromatic N) is 1. The maximum Gasteiger partial charge on any atom is 0.104 e. The van der Waals surface area contributed by atoms with Crippen LogP contribution in [0.5, 0.6) is 0 Å². The van der Waals surface area contributed by atoms with Gasteiger partial charge >= 0.3 is 0 Å². The van der Waals surface area contributed by atoms with Crippen LogP contribution in [0.3, 0.4) is 0 Å². The zero-order valence-corrected chi connectivity index (χ0v) is 9.39. The number of hydrogen-bond acceptors (Lipinski definition) is 4. The van der Waals surface area contributed by atoms with Gasteiger partial charge in [-0.15, -0.1) is 0 Å². The first-order valence-electron chi connectivity index (χ1n) is 5.65. The molecule has 16 heavy (non-hydrogen) atoms. The van der Waals surface area contributed by atoms with Crippen molar-refractivity contribution in [2.45, 2.75) is 25.0 Å². The van der Waals surface area contributed by atoms with Gasteiger partial charge in [0.2, 0.25) is 0 Å². The molecule has 1 atom stereocenters. The molecule has 2 rings (SSSR count). The number of rotatable bonds is 4. The van der Waals surface area contributed by atoms with Crippen molar-refractivity contribution in [3.8, 4) is 0 Å². The van der Waals surface area contributed by atoms with Crippen molar-refractivity contribution in [1.82, 2.24) is 4.98 Å². The molecule has 1 unspecified atom stereocenters. The summed E-state index contributed by atoms with van der Waals surface area (Å²) in [4.78, 5) is 4.05. The Morgan fingerprint density at radius 3 is 3.12 bits per heavy atom. The summed E-state index contributed by atoms with van der Waals surface area (Å²) in [5, 5.41) is 0. The molecule has 1 aromatic rings. The van der Waals surface area contributed by atoms with Gasteiger partial charge in [-0.2, -0.15) is 0 Å². The summed E-state index contributed by atoms with van der Waals surface area (Å²) in [6, 6.07) is 3.91. The molecule has 1 fully saturated rings. The van der Waals surface area contributed by atoms with Gasteiger partial charge in [0.15, 0.2) is 0 Å². The van der Waals surface area contributed by atoms with E-state index in [1.54, 1.807) is 6.20 Å². The molecule has 88 valence electrons. The van der Waals surface area contributed by atoms with E-state index < -0.39 is 0 Å². The molecular weight excluding hydrogens is 204 g/mol. The highest BCUT2D eigenvalue weighted by Crippen LogP contribution is 2.23. The Hall–Kier alpha value is -0.970. The average Bonchev–Trinajstić information content (AvgIpc) is 2.39. The number of nitrogens with two attached hydrogens (primary N) is 1. The molecule has 0 aliphatic carbocycles. The number of hydrogen-bond donors (Lipinski definition) is 1. The normalized spacial score (nSPS) is 25.6. The fourth-order valence-electron chi connectivity index (χ4n) is 1.88. The maximum absolute atomic E-state index is 5.92. The molecule has 4 nitrogen and oxygen atoms in total. The van der Waals surface area contributed by atoms with Crippen molar-refractivity contribution in [2.24, 2.45) is 5.73 Å². The Morgan fingerprint density at radius 2 is 2.50 bits per heavy atom. The Labute approximate surface area is 95.8 Å². The van der Waals surface area contributed by atoms with Gasteiger partial charge < -0.3 is 15.2 Å². The van der Waals surface area contributed by atoms with Gasteiger partial charge in [0.25, 0.3) is 0 Å². The third-order valence-corrected chi connectivity index (χ3v) is 2.93. The molecule has 1 aliphatic heterocycles. The van der Waals surface area contributed by atoms with Crippen molar-refractivity contribution < 1.29 is 9.47 Å². The summed E-state index contributed by atoms with van der Waals surface area (Å²) in [5.41, 5.74) is 6.55. The van der Waals surface area contributed by atoms with Crippen LogP contribution in [-0.2, 0) is 16.1 Å². The fraction of sp³-hybridized carbons (Fsp3) is 0.583. The predicted octanol–water partition coefficient (Wildman–Crippen LogP) is 1.11. The Balaban J connectivity index is 1.92. The van der Waals surface area contributed by atoms with Gasteiger partial charge in [-0.1, -0.05) is 6.07 Å². The Kier molecular flexibility index (Phi) is 3.88. The average molecular weight is 222 g/mol. The van der Waals surface area contributed by atoms with Gasteiger partial charge in [0, 0.05) is 25.5 Å². The van der Waals surface area contributed by atoms with Gasteiger partial charge in [-0.3, -0.25) is 4.98 Å². The summed E-state index contributed by atoms with van der Waals surface area (Å²) in [6.07, 6.45) is 5.56. The van der Waals surface area contributed by atoms with Crippen LogP contribution >= 0.6 is 0 Å². The standard InChI is InChI=1S/C12H18N2O2/c13-9-12(4-2-6-15-10-12)16-8-11-3-1-5-14-7-11/h1,3,5,7H,2,4,6,8-10,13H2. The molecule has 1 aromatic heterocycles. The molecule has 0 radical (unpaired) electrons. The van der Waals surface area contributed by atoms with Crippen LogP contribution in [0.15, 0.2) is 24.5 Å². The first kappa shape index (κ1) is 11.5. The lowest BCUT2D eigenvalue weighted by molar-refractivity contribution is -0.130. The highest BCUT2D eigenvalue weighted by molar-refractivity contribution is 5.07. The third-order valence-electron chi connectivity index (χ3n) is 2.93. The molecule has 0 saturated carbocycles. The van der Waals surface area contributed by atoms with Crippen molar-refractivity contribution in [3.63, 3.8) is 0 Å². The van der Waals surface area contributed by atoms with Gasteiger partial charge in [-0.05, 0) is 24.5 Å². The molecular formula is C12H18N2O2. The minimum absolute atomic E-state index is 0.298.